The largest absolute Gasteiger partial charge is 0.449 e. The summed E-state index contributed by atoms with van der Waals surface area (Å²) < 4.78 is 32.7. The maximum absolute atomic E-state index is 12.6. The molecule has 0 unspecified atom stereocenters. The zero-order valence-electron chi connectivity index (χ0n) is 18.2. The number of amides is 1. The second-order valence-electron chi connectivity index (χ2n) is 7.34. The molecule has 3 aromatic rings. The van der Waals surface area contributed by atoms with Crippen molar-refractivity contribution >= 4 is 39.0 Å². The fourth-order valence-corrected chi connectivity index (χ4v) is 3.91. The van der Waals surface area contributed by atoms with Crippen molar-refractivity contribution in [3.05, 3.63) is 94.0 Å². The number of esters is 1. The van der Waals surface area contributed by atoms with E-state index in [4.69, 9.17) is 4.74 Å². The van der Waals surface area contributed by atoms with Crippen LogP contribution in [-0.4, -0.2) is 31.3 Å². The van der Waals surface area contributed by atoms with Crippen molar-refractivity contribution in [1.82, 2.24) is 0 Å². The highest BCUT2D eigenvalue weighted by Crippen LogP contribution is 2.20. The summed E-state index contributed by atoms with van der Waals surface area (Å²) >= 11 is 0. The number of sulfonamides is 1. The van der Waals surface area contributed by atoms with Crippen LogP contribution in [0.25, 0.3) is 0 Å². The number of aryl methyl sites for hydroxylation is 1. The number of nitro groups is 1. The van der Waals surface area contributed by atoms with E-state index in [0.29, 0.717) is 0 Å². The van der Waals surface area contributed by atoms with Crippen molar-refractivity contribution in [2.45, 2.75) is 24.8 Å². The van der Waals surface area contributed by atoms with E-state index in [-0.39, 0.29) is 27.5 Å². The minimum atomic E-state index is -3.87. The smallest absolute Gasteiger partial charge is 0.338 e. The van der Waals surface area contributed by atoms with Crippen LogP contribution in [0, 0.1) is 17.0 Å². The summed E-state index contributed by atoms with van der Waals surface area (Å²) in [7, 11) is -3.87. The second-order valence-corrected chi connectivity index (χ2v) is 9.03. The first-order valence-corrected chi connectivity index (χ1v) is 11.5. The first kappa shape index (κ1) is 24.4. The molecule has 0 aliphatic rings. The van der Waals surface area contributed by atoms with Crippen LogP contribution in [0.15, 0.2) is 77.7 Å². The molecular weight excluding hydrogens is 462 g/mol. The molecule has 3 rings (SSSR count). The monoisotopic (exact) mass is 483 g/mol. The molecule has 2 N–H and O–H groups in total. The predicted molar refractivity (Wildman–Crippen MR) is 125 cm³/mol. The fraction of sp³-hybridized carbons (Fsp3) is 0.130. The quantitative estimate of drug-likeness (QED) is 0.281. The van der Waals surface area contributed by atoms with Crippen LogP contribution in [0.4, 0.5) is 17.1 Å². The topological polar surface area (TPSA) is 145 Å². The van der Waals surface area contributed by atoms with Crippen LogP contribution < -0.4 is 10.0 Å². The molecule has 3 aromatic carbocycles. The number of carbonyl (C=O) groups excluding carboxylic acids is 2. The summed E-state index contributed by atoms with van der Waals surface area (Å²) in [6.45, 7) is 3.18. The van der Waals surface area contributed by atoms with Gasteiger partial charge in [0.25, 0.3) is 21.6 Å². The van der Waals surface area contributed by atoms with E-state index in [1.165, 1.54) is 67.6 Å². The van der Waals surface area contributed by atoms with Crippen molar-refractivity contribution in [2.75, 3.05) is 10.0 Å². The number of benzene rings is 3. The van der Waals surface area contributed by atoms with Crippen molar-refractivity contribution in [3.8, 4) is 0 Å². The highest BCUT2D eigenvalue weighted by atomic mass is 32.2. The molecule has 34 heavy (non-hydrogen) atoms. The number of nitrogens with zero attached hydrogens (tertiary/aromatic N) is 1. The molecule has 1 atom stereocenters. The molecule has 0 saturated heterocycles. The Morgan fingerprint density at radius 2 is 1.62 bits per heavy atom. The van der Waals surface area contributed by atoms with Gasteiger partial charge in [0.05, 0.1) is 15.4 Å². The average molecular weight is 484 g/mol. The highest BCUT2D eigenvalue weighted by molar-refractivity contribution is 7.92. The number of non-ortho nitro benzene ring substituents is 1. The standard InChI is InChI=1S/C23H21N3O7S/c1-15-9-11-21(12-10-15)34(31,32)25-19-7-3-5-17(13-19)23(28)33-16(2)22(27)24-18-6-4-8-20(14-18)26(29)30/h3-14,16,25H,1-2H3,(H,24,27)/t16-/m0/s1. The Bertz CT molecular complexity index is 1340. The first-order valence-electron chi connectivity index (χ1n) is 10.0. The molecule has 0 saturated carbocycles. The molecule has 0 fully saturated rings. The maximum atomic E-state index is 12.6. The summed E-state index contributed by atoms with van der Waals surface area (Å²) in [5.41, 5.74) is 1.05. The van der Waals surface area contributed by atoms with Gasteiger partial charge in [0.1, 0.15) is 0 Å². The van der Waals surface area contributed by atoms with Gasteiger partial charge >= 0.3 is 5.97 Å². The second kappa shape index (κ2) is 10.1. The van der Waals surface area contributed by atoms with E-state index in [9.17, 15) is 28.1 Å². The third kappa shape index (κ3) is 6.17. The zero-order chi connectivity index (χ0) is 24.9. The molecule has 0 aliphatic carbocycles. The maximum Gasteiger partial charge on any atom is 0.338 e. The van der Waals surface area contributed by atoms with Crippen LogP contribution in [0.2, 0.25) is 0 Å². The van der Waals surface area contributed by atoms with E-state index in [0.717, 1.165) is 5.56 Å². The van der Waals surface area contributed by atoms with Gasteiger partial charge in [0.2, 0.25) is 0 Å². The lowest BCUT2D eigenvalue weighted by Crippen LogP contribution is -2.30. The Hall–Kier alpha value is -4.25. The molecule has 1 amide bonds. The van der Waals surface area contributed by atoms with Crippen LogP contribution in [0.1, 0.15) is 22.8 Å². The van der Waals surface area contributed by atoms with Crippen LogP contribution in [-0.2, 0) is 19.6 Å². The van der Waals surface area contributed by atoms with Crippen LogP contribution in [0.5, 0.6) is 0 Å². The summed E-state index contributed by atoms with van der Waals surface area (Å²) in [6, 6.07) is 17.3. The number of hydrogen-bond acceptors (Lipinski definition) is 7. The van der Waals surface area contributed by atoms with Gasteiger partial charge < -0.3 is 10.1 Å². The molecule has 0 aromatic heterocycles. The Labute approximate surface area is 195 Å². The highest BCUT2D eigenvalue weighted by Gasteiger charge is 2.21. The van der Waals surface area contributed by atoms with Crippen molar-refractivity contribution in [3.63, 3.8) is 0 Å². The molecule has 11 heteroatoms. The van der Waals surface area contributed by atoms with Gasteiger partial charge in [0.15, 0.2) is 6.10 Å². The van der Waals surface area contributed by atoms with Crippen molar-refractivity contribution in [2.24, 2.45) is 0 Å². The number of nitro benzene ring substituents is 1. The molecule has 0 spiro atoms. The van der Waals surface area contributed by atoms with Crippen molar-refractivity contribution in [1.29, 1.82) is 0 Å². The summed E-state index contributed by atoms with van der Waals surface area (Å²) in [4.78, 5) is 35.2. The number of carbonyl (C=O) groups is 2. The van der Waals surface area contributed by atoms with Gasteiger partial charge in [-0.15, -0.1) is 0 Å². The molecule has 176 valence electrons. The third-order valence-electron chi connectivity index (χ3n) is 4.66. The summed E-state index contributed by atoms with van der Waals surface area (Å²) in [6.07, 6.45) is -1.22. The third-order valence-corrected chi connectivity index (χ3v) is 6.06. The SMILES string of the molecule is Cc1ccc(S(=O)(=O)Nc2cccc(C(=O)O[C@@H](C)C(=O)Nc3cccc([N+](=O)[O-])c3)c2)cc1. The molecular formula is C23H21N3O7S. The molecule has 10 nitrogen and oxygen atoms in total. The number of hydrogen-bond donors (Lipinski definition) is 2. The van der Waals surface area contributed by atoms with Crippen molar-refractivity contribution < 1.29 is 27.7 Å². The van der Waals surface area contributed by atoms with Gasteiger partial charge in [-0.05, 0) is 50.2 Å². The van der Waals surface area contributed by atoms with E-state index in [1.807, 2.05) is 6.92 Å². The Balaban J connectivity index is 1.66. The van der Waals surface area contributed by atoms with Gasteiger partial charge in [0, 0.05) is 23.5 Å². The minimum Gasteiger partial charge on any atom is -0.449 e. The number of anilines is 2. The number of ether oxygens (including phenoxy) is 1. The number of nitrogens with one attached hydrogen (secondary N) is 2. The van der Waals surface area contributed by atoms with Gasteiger partial charge in [-0.2, -0.15) is 0 Å². The molecule has 0 aliphatic heterocycles. The van der Waals surface area contributed by atoms with E-state index in [2.05, 4.69) is 10.0 Å². The lowest BCUT2D eigenvalue weighted by molar-refractivity contribution is -0.384. The van der Waals surface area contributed by atoms with E-state index < -0.39 is 32.9 Å². The predicted octanol–water partition coefficient (Wildman–Crippen LogP) is 3.89. The Morgan fingerprint density at radius 3 is 2.29 bits per heavy atom. The Morgan fingerprint density at radius 1 is 0.971 bits per heavy atom. The number of rotatable bonds is 8. The molecule has 0 bridgehead atoms. The summed E-state index contributed by atoms with van der Waals surface area (Å²) in [5, 5.41) is 13.3. The zero-order valence-corrected chi connectivity index (χ0v) is 19.0. The van der Waals surface area contributed by atoms with Crippen LogP contribution >= 0.6 is 0 Å². The van der Waals surface area contributed by atoms with Crippen LogP contribution in [0.3, 0.4) is 0 Å². The molecule has 0 radical (unpaired) electrons. The fourth-order valence-electron chi connectivity index (χ4n) is 2.86. The molecule has 0 heterocycles. The van der Waals surface area contributed by atoms with E-state index >= 15 is 0 Å². The van der Waals surface area contributed by atoms with Gasteiger partial charge in [-0.3, -0.25) is 19.6 Å². The first-order chi connectivity index (χ1) is 16.0. The lowest BCUT2D eigenvalue weighted by Gasteiger charge is -2.14. The van der Waals surface area contributed by atoms with Gasteiger partial charge in [-0.1, -0.05) is 29.8 Å². The summed E-state index contributed by atoms with van der Waals surface area (Å²) in [5.74, 6) is -1.54. The lowest BCUT2D eigenvalue weighted by atomic mass is 10.2. The minimum absolute atomic E-state index is 0.0269. The average Bonchev–Trinajstić information content (AvgIpc) is 2.79. The Kier molecular flexibility index (Phi) is 7.27. The van der Waals surface area contributed by atoms with E-state index in [1.54, 1.807) is 12.1 Å². The normalized spacial score (nSPS) is 11.8. The van der Waals surface area contributed by atoms with Gasteiger partial charge in [-0.25, -0.2) is 13.2 Å².